The quantitative estimate of drug-likeness (QED) is 0.675. The molecule has 3 aromatic rings. The topological polar surface area (TPSA) is 78.2 Å². The third-order valence-electron chi connectivity index (χ3n) is 5.48. The van der Waals surface area contributed by atoms with Crippen LogP contribution < -0.4 is 4.90 Å². The van der Waals surface area contributed by atoms with Gasteiger partial charge >= 0.3 is 0 Å². The average Bonchev–Trinajstić information content (AvgIpc) is 3.09. The summed E-state index contributed by atoms with van der Waals surface area (Å²) in [5.41, 5.74) is 2.55. The van der Waals surface area contributed by atoms with Crippen molar-refractivity contribution in [1.82, 2.24) is 24.5 Å². The van der Waals surface area contributed by atoms with Gasteiger partial charge in [0.2, 0.25) is 0 Å². The molecule has 0 bridgehead atoms. The molecule has 1 saturated heterocycles. The van der Waals surface area contributed by atoms with Crippen molar-refractivity contribution >= 4 is 16.9 Å². The van der Waals surface area contributed by atoms with Crippen molar-refractivity contribution in [2.24, 2.45) is 0 Å². The summed E-state index contributed by atoms with van der Waals surface area (Å²) in [7, 11) is 0. The van der Waals surface area contributed by atoms with Gasteiger partial charge in [-0.2, -0.15) is 0 Å². The van der Waals surface area contributed by atoms with E-state index >= 15 is 0 Å². The van der Waals surface area contributed by atoms with Gasteiger partial charge in [-0.25, -0.2) is 19.9 Å². The Kier molecular flexibility index (Phi) is 4.06. The van der Waals surface area contributed by atoms with Crippen molar-refractivity contribution in [3.63, 3.8) is 0 Å². The predicted octanol–water partition coefficient (Wildman–Crippen LogP) is 2.30. The van der Waals surface area contributed by atoms with Crippen molar-refractivity contribution in [1.29, 1.82) is 0 Å². The first-order valence-electron chi connectivity index (χ1n) is 9.70. The molecule has 8 nitrogen and oxygen atoms in total. The van der Waals surface area contributed by atoms with Crippen molar-refractivity contribution in [2.45, 2.75) is 32.9 Å². The molecule has 0 unspecified atom stereocenters. The summed E-state index contributed by atoms with van der Waals surface area (Å²) in [5.74, 6) is 2.33. The second-order valence-corrected chi connectivity index (χ2v) is 7.77. The summed E-state index contributed by atoms with van der Waals surface area (Å²) in [6.45, 7) is 10.6. The van der Waals surface area contributed by atoms with Gasteiger partial charge in [-0.15, -0.1) is 0 Å². The molecule has 0 radical (unpaired) electrons. The van der Waals surface area contributed by atoms with Crippen LogP contribution in [0.1, 0.15) is 25.4 Å². The number of morpholine rings is 1. The molecule has 0 N–H and O–H groups in total. The lowest BCUT2D eigenvalue weighted by Gasteiger charge is -2.32. The number of aromatic nitrogens is 5. The molecule has 5 rings (SSSR count). The molecular weight excluding hydrogens is 356 g/mol. The Morgan fingerprint density at radius 3 is 2.50 bits per heavy atom. The lowest BCUT2D eigenvalue weighted by atomic mass is 10.0. The Labute approximate surface area is 163 Å². The summed E-state index contributed by atoms with van der Waals surface area (Å²) in [6.07, 6.45) is 3.58. The molecule has 5 heterocycles. The molecule has 3 aromatic heterocycles. The van der Waals surface area contributed by atoms with Crippen LogP contribution in [0.25, 0.3) is 22.4 Å². The molecule has 0 spiro atoms. The van der Waals surface area contributed by atoms with Gasteiger partial charge in [0.15, 0.2) is 5.82 Å². The van der Waals surface area contributed by atoms with Gasteiger partial charge in [-0.05, 0) is 26.8 Å². The second kappa shape index (κ2) is 6.49. The third kappa shape index (κ3) is 2.84. The third-order valence-corrected chi connectivity index (χ3v) is 5.48. The minimum atomic E-state index is -0.353. The molecule has 0 saturated carbocycles. The van der Waals surface area contributed by atoms with Crippen LogP contribution in [0.2, 0.25) is 0 Å². The predicted molar refractivity (Wildman–Crippen MR) is 105 cm³/mol. The van der Waals surface area contributed by atoms with E-state index < -0.39 is 0 Å². The lowest BCUT2D eigenvalue weighted by molar-refractivity contribution is -0.0494. The maximum absolute atomic E-state index is 6.01. The first-order valence-corrected chi connectivity index (χ1v) is 9.70. The zero-order valence-electron chi connectivity index (χ0n) is 16.5. The maximum Gasteiger partial charge on any atom is 0.167 e. The molecule has 1 fully saturated rings. The fraction of sp³-hybridized carbons (Fsp3) is 0.500. The minimum absolute atomic E-state index is 0.353. The summed E-state index contributed by atoms with van der Waals surface area (Å²) in [5, 5.41) is 1.06. The van der Waals surface area contributed by atoms with Crippen LogP contribution in [0.5, 0.6) is 0 Å². The average molecular weight is 380 g/mol. The van der Waals surface area contributed by atoms with Gasteiger partial charge in [-0.1, -0.05) is 0 Å². The number of ether oxygens (including phenoxy) is 2. The number of fused-ring (bicyclic) bond motifs is 3. The van der Waals surface area contributed by atoms with E-state index in [1.54, 1.807) is 12.4 Å². The van der Waals surface area contributed by atoms with Crippen LogP contribution in [0.4, 0.5) is 5.82 Å². The molecule has 0 aliphatic carbocycles. The number of rotatable bonds is 2. The van der Waals surface area contributed by atoms with Crippen LogP contribution in [-0.4, -0.2) is 57.4 Å². The number of nitrogens with zero attached hydrogens (tertiary/aromatic N) is 6. The fourth-order valence-corrected chi connectivity index (χ4v) is 3.95. The SMILES string of the molecule is Cc1ncc(-c2nc(N3CCOCC3)c3cc4n(c3n2)CCOC4(C)C)cn1. The molecule has 2 aliphatic heterocycles. The highest BCUT2D eigenvalue weighted by molar-refractivity contribution is 5.91. The van der Waals surface area contributed by atoms with Crippen molar-refractivity contribution < 1.29 is 9.47 Å². The standard InChI is InChI=1S/C20H24N6O2/c1-13-21-11-14(12-22-13)17-23-18(25-4-7-27-8-5-25)15-10-16-20(2,3)28-9-6-26(16)19(15)24-17/h10-12H,4-9H2,1-3H3. The molecule has 0 aromatic carbocycles. The Hall–Kier alpha value is -2.58. The maximum atomic E-state index is 6.01. The number of hydrogen-bond donors (Lipinski definition) is 0. The van der Waals surface area contributed by atoms with Crippen LogP contribution in [0, 0.1) is 6.92 Å². The number of hydrogen-bond acceptors (Lipinski definition) is 7. The largest absolute Gasteiger partial charge is 0.378 e. The Bertz CT molecular complexity index is 1020. The van der Waals surface area contributed by atoms with E-state index in [1.807, 2.05) is 6.92 Å². The van der Waals surface area contributed by atoms with Crippen LogP contribution >= 0.6 is 0 Å². The highest BCUT2D eigenvalue weighted by Crippen LogP contribution is 2.37. The Morgan fingerprint density at radius 1 is 1.00 bits per heavy atom. The fourth-order valence-electron chi connectivity index (χ4n) is 3.95. The van der Waals surface area contributed by atoms with Crippen molar-refractivity contribution in [3.05, 3.63) is 30.0 Å². The van der Waals surface area contributed by atoms with E-state index in [2.05, 4.69) is 39.3 Å². The van der Waals surface area contributed by atoms with Gasteiger partial charge in [0.05, 0.1) is 36.5 Å². The Balaban J connectivity index is 1.75. The van der Waals surface area contributed by atoms with E-state index in [0.717, 1.165) is 53.6 Å². The summed E-state index contributed by atoms with van der Waals surface area (Å²) in [4.78, 5) is 20.8. The zero-order chi connectivity index (χ0) is 19.3. The van der Waals surface area contributed by atoms with Crippen LogP contribution in [-0.2, 0) is 21.6 Å². The zero-order valence-corrected chi connectivity index (χ0v) is 16.5. The smallest absolute Gasteiger partial charge is 0.167 e. The Morgan fingerprint density at radius 2 is 1.75 bits per heavy atom. The molecule has 2 aliphatic rings. The van der Waals surface area contributed by atoms with E-state index in [4.69, 9.17) is 19.4 Å². The van der Waals surface area contributed by atoms with E-state index in [0.29, 0.717) is 25.6 Å². The molecule has 28 heavy (non-hydrogen) atoms. The van der Waals surface area contributed by atoms with Gasteiger partial charge in [0, 0.05) is 32.0 Å². The molecular formula is C20H24N6O2. The van der Waals surface area contributed by atoms with Crippen LogP contribution in [0.3, 0.4) is 0 Å². The number of anilines is 1. The summed E-state index contributed by atoms with van der Waals surface area (Å²) in [6, 6.07) is 2.19. The molecule has 146 valence electrons. The normalized spacial score (nSPS) is 19.0. The molecule has 8 heteroatoms. The van der Waals surface area contributed by atoms with E-state index in [9.17, 15) is 0 Å². The summed E-state index contributed by atoms with van der Waals surface area (Å²) < 4.78 is 13.8. The minimum Gasteiger partial charge on any atom is -0.378 e. The second-order valence-electron chi connectivity index (χ2n) is 7.77. The van der Waals surface area contributed by atoms with E-state index in [1.165, 1.54) is 0 Å². The van der Waals surface area contributed by atoms with Gasteiger partial charge < -0.3 is 18.9 Å². The van der Waals surface area contributed by atoms with Crippen molar-refractivity contribution in [2.75, 3.05) is 37.8 Å². The number of aryl methyl sites for hydroxylation is 1. The highest BCUT2D eigenvalue weighted by atomic mass is 16.5. The van der Waals surface area contributed by atoms with Gasteiger partial charge in [0.1, 0.15) is 22.9 Å². The summed E-state index contributed by atoms with van der Waals surface area (Å²) >= 11 is 0. The molecule has 0 amide bonds. The van der Waals surface area contributed by atoms with Crippen molar-refractivity contribution in [3.8, 4) is 11.4 Å². The van der Waals surface area contributed by atoms with E-state index in [-0.39, 0.29) is 5.60 Å². The monoisotopic (exact) mass is 380 g/mol. The van der Waals surface area contributed by atoms with Gasteiger partial charge in [-0.3, -0.25) is 0 Å². The first kappa shape index (κ1) is 17.5. The van der Waals surface area contributed by atoms with Gasteiger partial charge in [0.25, 0.3) is 0 Å². The highest BCUT2D eigenvalue weighted by Gasteiger charge is 2.32. The lowest BCUT2D eigenvalue weighted by Crippen LogP contribution is -2.37. The first-order chi connectivity index (χ1) is 13.5. The van der Waals surface area contributed by atoms with Crippen LogP contribution in [0.15, 0.2) is 18.5 Å². The molecule has 0 atom stereocenters.